The quantitative estimate of drug-likeness (QED) is 0.558. The number of nitrogens with one attached hydrogen (secondary N) is 1. The Kier molecular flexibility index (Phi) is 2.11. The summed E-state index contributed by atoms with van der Waals surface area (Å²) in [4.78, 5) is 0. The fourth-order valence-corrected chi connectivity index (χ4v) is 1.86. The fourth-order valence-electron chi connectivity index (χ4n) is 0.968. The summed E-state index contributed by atoms with van der Waals surface area (Å²) < 4.78 is 21.4. The van der Waals surface area contributed by atoms with Crippen molar-refractivity contribution in [3.8, 4) is 0 Å². The van der Waals surface area contributed by atoms with Crippen molar-refractivity contribution >= 4 is 9.84 Å². The molecule has 0 fully saturated rings. The molecule has 3 nitrogen and oxygen atoms in total. The lowest BCUT2D eigenvalue weighted by Crippen LogP contribution is -2.12. The van der Waals surface area contributed by atoms with Gasteiger partial charge in [-0.15, -0.1) is 0 Å². The molecule has 0 aromatic carbocycles. The number of hydrogen-bond acceptors (Lipinski definition) is 3. The van der Waals surface area contributed by atoms with Gasteiger partial charge < -0.3 is 5.32 Å². The van der Waals surface area contributed by atoms with Crippen LogP contribution in [0.15, 0.2) is 11.6 Å². The van der Waals surface area contributed by atoms with E-state index in [0.717, 1.165) is 18.7 Å². The lowest BCUT2D eigenvalue weighted by molar-refractivity contribution is 0.603. The molecule has 0 spiro atoms. The van der Waals surface area contributed by atoms with Crippen LogP contribution in [0.3, 0.4) is 0 Å². The minimum atomic E-state index is -2.82. The molecule has 0 aliphatic carbocycles. The Hall–Kier alpha value is -0.350. The Morgan fingerprint density at radius 2 is 2.40 bits per heavy atom. The first kappa shape index (κ1) is 7.75. The van der Waals surface area contributed by atoms with E-state index in [1.807, 2.05) is 6.08 Å². The zero-order valence-electron chi connectivity index (χ0n) is 5.92. The normalized spacial score (nSPS) is 19.1. The minimum absolute atomic E-state index is 0.208. The van der Waals surface area contributed by atoms with Crippen molar-refractivity contribution in [1.29, 1.82) is 0 Å². The van der Waals surface area contributed by atoms with Crippen molar-refractivity contribution in [2.24, 2.45) is 0 Å². The molecular formula is C6H11NO2S. The monoisotopic (exact) mass is 161 g/mol. The highest BCUT2D eigenvalue weighted by molar-refractivity contribution is 7.90. The van der Waals surface area contributed by atoms with Gasteiger partial charge in [-0.25, -0.2) is 8.42 Å². The lowest BCUT2D eigenvalue weighted by Gasteiger charge is -1.96. The van der Waals surface area contributed by atoms with Crippen LogP contribution in [0.1, 0.15) is 0 Å². The molecule has 0 atom stereocenters. The maximum Gasteiger partial charge on any atom is 0.151 e. The summed E-state index contributed by atoms with van der Waals surface area (Å²) in [5.41, 5.74) is 0.988. The summed E-state index contributed by atoms with van der Waals surface area (Å²) in [6, 6.07) is 0. The first-order chi connectivity index (χ1) is 4.58. The molecule has 58 valence electrons. The van der Waals surface area contributed by atoms with Crippen molar-refractivity contribution in [2.75, 3.05) is 25.1 Å². The van der Waals surface area contributed by atoms with E-state index in [9.17, 15) is 8.42 Å². The van der Waals surface area contributed by atoms with Crippen molar-refractivity contribution in [1.82, 2.24) is 5.32 Å². The van der Waals surface area contributed by atoms with Crippen molar-refractivity contribution < 1.29 is 8.42 Å². The SMILES string of the molecule is CS(=O)(=O)CC1=CCNC1. The maximum absolute atomic E-state index is 10.7. The smallest absolute Gasteiger partial charge is 0.151 e. The molecule has 4 heteroatoms. The lowest BCUT2D eigenvalue weighted by atomic mass is 10.3. The van der Waals surface area contributed by atoms with Gasteiger partial charge in [0.15, 0.2) is 9.84 Å². The van der Waals surface area contributed by atoms with Crippen LogP contribution in [0.5, 0.6) is 0 Å². The van der Waals surface area contributed by atoms with Gasteiger partial charge in [-0.2, -0.15) is 0 Å². The second-order valence-corrected chi connectivity index (χ2v) is 4.70. The molecule has 1 heterocycles. The van der Waals surface area contributed by atoms with Gasteiger partial charge in [0.2, 0.25) is 0 Å². The molecule has 10 heavy (non-hydrogen) atoms. The highest BCUT2D eigenvalue weighted by atomic mass is 32.2. The van der Waals surface area contributed by atoms with Crippen LogP contribution in [-0.4, -0.2) is 33.5 Å². The second-order valence-electron chi connectivity index (χ2n) is 2.56. The van der Waals surface area contributed by atoms with E-state index in [0.29, 0.717) is 0 Å². The third kappa shape index (κ3) is 2.49. The van der Waals surface area contributed by atoms with Crippen LogP contribution in [0.25, 0.3) is 0 Å². The summed E-state index contributed by atoms with van der Waals surface area (Å²) in [6.07, 6.45) is 3.19. The van der Waals surface area contributed by atoms with E-state index in [4.69, 9.17) is 0 Å². The first-order valence-electron chi connectivity index (χ1n) is 3.14. The van der Waals surface area contributed by atoms with Gasteiger partial charge in [0.1, 0.15) is 0 Å². The van der Waals surface area contributed by atoms with E-state index in [1.54, 1.807) is 0 Å². The summed E-state index contributed by atoms with van der Waals surface area (Å²) >= 11 is 0. The van der Waals surface area contributed by atoms with Crippen LogP contribution >= 0.6 is 0 Å². The molecule has 1 aliphatic heterocycles. The van der Waals surface area contributed by atoms with Gasteiger partial charge in [0.25, 0.3) is 0 Å². The molecule has 0 saturated carbocycles. The number of hydrogen-bond donors (Lipinski definition) is 1. The fraction of sp³-hybridized carbons (Fsp3) is 0.667. The molecule has 0 bridgehead atoms. The standard InChI is InChI=1S/C6H11NO2S/c1-10(8,9)5-6-2-3-7-4-6/h2,7H,3-5H2,1H3. The summed E-state index contributed by atoms with van der Waals surface area (Å²) in [6.45, 7) is 1.54. The van der Waals surface area contributed by atoms with Crippen LogP contribution in [-0.2, 0) is 9.84 Å². The summed E-state index contributed by atoms with van der Waals surface area (Å²) in [5.74, 6) is 0.208. The van der Waals surface area contributed by atoms with Crippen molar-refractivity contribution in [3.05, 3.63) is 11.6 Å². The molecule has 0 saturated heterocycles. The average molecular weight is 161 g/mol. The maximum atomic E-state index is 10.7. The van der Waals surface area contributed by atoms with E-state index < -0.39 is 9.84 Å². The molecule has 0 aromatic rings. The van der Waals surface area contributed by atoms with Gasteiger partial charge in [0, 0.05) is 19.3 Å². The third-order valence-corrected chi connectivity index (χ3v) is 2.23. The van der Waals surface area contributed by atoms with Gasteiger partial charge in [-0.05, 0) is 5.57 Å². The topological polar surface area (TPSA) is 46.2 Å². The molecule has 0 unspecified atom stereocenters. The van der Waals surface area contributed by atoms with Crippen LogP contribution in [0.4, 0.5) is 0 Å². The Bertz CT molecular complexity index is 240. The van der Waals surface area contributed by atoms with Crippen molar-refractivity contribution in [2.45, 2.75) is 0 Å². The third-order valence-electron chi connectivity index (χ3n) is 1.33. The highest BCUT2D eigenvalue weighted by Crippen LogP contribution is 2.01. The van der Waals surface area contributed by atoms with Crippen molar-refractivity contribution in [3.63, 3.8) is 0 Å². The molecule has 0 aromatic heterocycles. The predicted octanol–water partition coefficient (Wildman–Crippen LogP) is -0.439. The molecule has 1 N–H and O–H groups in total. The Balaban J connectivity index is 2.54. The van der Waals surface area contributed by atoms with E-state index in [2.05, 4.69) is 5.32 Å². The zero-order chi connectivity index (χ0) is 7.61. The molecule has 0 radical (unpaired) electrons. The van der Waals surface area contributed by atoms with Crippen LogP contribution in [0, 0.1) is 0 Å². The van der Waals surface area contributed by atoms with E-state index in [1.165, 1.54) is 6.26 Å². The van der Waals surface area contributed by atoms with Gasteiger partial charge >= 0.3 is 0 Å². The molecule has 0 amide bonds. The summed E-state index contributed by atoms with van der Waals surface area (Å²) in [5, 5.41) is 3.04. The Labute approximate surface area is 61.0 Å². The largest absolute Gasteiger partial charge is 0.310 e. The van der Waals surface area contributed by atoms with E-state index in [-0.39, 0.29) is 5.75 Å². The number of rotatable bonds is 2. The molecule has 1 aliphatic rings. The van der Waals surface area contributed by atoms with Crippen LogP contribution < -0.4 is 5.32 Å². The second kappa shape index (κ2) is 2.72. The minimum Gasteiger partial charge on any atom is -0.310 e. The van der Waals surface area contributed by atoms with Gasteiger partial charge in [-0.3, -0.25) is 0 Å². The van der Waals surface area contributed by atoms with E-state index >= 15 is 0 Å². The predicted molar refractivity (Wildman–Crippen MR) is 40.7 cm³/mol. The molecule has 1 rings (SSSR count). The average Bonchev–Trinajstić information content (AvgIpc) is 2.12. The highest BCUT2D eigenvalue weighted by Gasteiger charge is 2.09. The first-order valence-corrected chi connectivity index (χ1v) is 5.20. The zero-order valence-corrected chi connectivity index (χ0v) is 6.74. The van der Waals surface area contributed by atoms with Crippen LogP contribution in [0.2, 0.25) is 0 Å². The molecular weight excluding hydrogens is 150 g/mol. The van der Waals surface area contributed by atoms with Gasteiger partial charge in [0.05, 0.1) is 5.75 Å². The number of sulfone groups is 1. The van der Waals surface area contributed by atoms with Gasteiger partial charge in [-0.1, -0.05) is 6.08 Å². The Morgan fingerprint density at radius 3 is 2.80 bits per heavy atom. The summed E-state index contributed by atoms with van der Waals surface area (Å²) in [7, 11) is -2.82. The Morgan fingerprint density at radius 1 is 1.70 bits per heavy atom.